The smallest absolute Gasteiger partial charge is 0.242 e. The largest absolute Gasteiger partial charge is 0.497 e. The first-order valence-corrected chi connectivity index (χ1v) is 45.6. The number of aromatic amines is 1. The van der Waals surface area contributed by atoms with Crippen LogP contribution in [-0.2, 0) is 45.4 Å². The number of benzene rings is 8. The van der Waals surface area contributed by atoms with Crippen molar-refractivity contribution in [3.05, 3.63) is 334 Å². The average molecular weight is 1870 g/mol. The molecule has 4 amide bonds. The number of ether oxygens (including phenoxy) is 2. The number of hydrogen-bond acceptors (Lipinski definition) is 21. The summed E-state index contributed by atoms with van der Waals surface area (Å²) in [7, 11) is 3.21. The molecule has 0 spiro atoms. The number of methoxy groups -OCH3 is 2. The van der Waals surface area contributed by atoms with Crippen molar-refractivity contribution >= 4 is 58.1 Å². The fourth-order valence-electron chi connectivity index (χ4n) is 17.0. The van der Waals surface area contributed by atoms with Crippen molar-refractivity contribution in [3.8, 4) is 102 Å². The monoisotopic (exact) mass is 1870 g/mol. The van der Waals surface area contributed by atoms with Gasteiger partial charge in [-0.1, -0.05) is 127 Å². The Hall–Kier alpha value is -17.1. The molecule has 4 saturated heterocycles. The van der Waals surface area contributed by atoms with Gasteiger partial charge in [-0.15, -0.1) is 0 Å². The zero-order chi connectivity index (χ0) is 95.5. The molecule has 0 aliphatic carbocycles. The van der Waals surface area contributed by atoms with E-state index in [0.29, 0.717) is 143 Å². The van der Waals surface area contributed by atoms with E-state index in [0.717, 1.165) is 98.0 Å². The molecule has 13 heterocycles. The highest BCUT2D eigenvalue weighted by Gasteiger charge is 2.31. The first kappa shape index (κ1) is 92.4. The number of fused-ring (bicyclic) bond motifs is 1. The van der Waals surface area contributed by atoms with Crippen LogP contribution >= 0.6 is 0 Å². The minimum atomic E-state index is -0.300. The minimum absolute atomic E-state index is 0.0178. The number of anilines is 4. The van der Waals surface area contributed by atoms with E-state index >= 15 is 0 Å². The quantitative estimate of drug-likeness (QED) is 0.0617. The topological polar surface area (TPSA) is 290 Å². The van der Waals surface area contributed by atoms with Crippen LogP contribution in [-0.4, -0.2) is 240 Å². The van der Waals surface area contributed by atoms with Gasteiger partial charge in [0, 0.05) is 199 Å². The Balaban J connectivity index is 0.000000123. The molecule has 8 aromatic carbocycles. The van der Waals surface area contributed by atoms with Crippen molar-refractivity contribution < 1.29 is 46.2 Å². The molecule has 4 fully saturated rings. The number of pyridine rings is 2. The predicted octanol–water partition coefficient (Wildman–Crippen LogP) is 15.1. The summed E-state index contributed by atoms with van der Waals surface area (Å²) in [5, 5.41) is 0. The molecule has 0 radical (unpaired) electrons. The predicted molar refractivity (Wildman–Crippen MR) is 523 cm³/mol. The second-order valence-electron chi connectivity index (χ2n) is 33.2. The van der Waals surface area contributed by atoms with Crippen LogP contribution in [0, 0.1) is 23.3 Å². The number of carbonyl (C=O) groups excluding carboxylic acids is 4. The lowest BCUT2D eigenvalue weighted by atomic mass is 10.2. The second kappa shape index (κ2) is 43.5. The van der Waals surface area contributed by atoms with E-state index in [-0.39, 0.29) is 73.1 Å². The number of carbonyl (C=O) groups is 4. The van der Waals surface area contributed by atoms with E-state index in [2.05, 4.69) is 59.5 Å². The molecule has 4 aliphatic rings. The van der Waals surface area contributed by atoms with Crippen LogP contribution in [0.2, 0.25) is 0 Å². The van der Waals surface area contributed by atoms with Crippen molar-refractivity contribution in [2.45, 2.75) is 26.2 Å². The lowest BCUT2D eigenvalue weighted by molar-refractivity contribution is -0.132. The summed E-state index contributed by atoms with van der Waals surface area (Å²) >= 11 is 0. The summed E-state index contributed by atoms with van der Waals surface area (Å²) in [5.41, 5.74) is 11.1. The van der Waals surface area contributed by atoms with E-state index in [4.69, 9.17) is 29.4 Å². The van der Waals surface area contributed by atoms with Gasteiger partial charge in [-0.05, 0) is 115 Å². The van der Waals surface area contributed by atoms with Gasteiger partial charge in [-0.3, -0.25) is 19.2 Å². The van der Waals surface area contributed by atoms with Crippen LogP contribution in [0.4, 0.5) is 40.8 Å². The van der Waals surface area contributed by atoms with Crippen LogP contribution in [0.25, 0.3) is 102 Å². The number of rotatable bonds is 22. The summed E-state index contributed by atoms with van der Waals surface area (Å²) in [6.07, 6.45) is 15.6. The first-order chi connectivity index (χ1) is 68.0. The highest BCUT2D eigenvalue weighted by molar-refractivity contribution is 5.84. The van der Waals surface area contributed by atoms with Gasteiger partial charge in [0.1, 0.15) is 114 Å². The number of imidazole rings is 5. The number of nitrogens with zero attached hydrogens (tertiary/aromatic N) is 23. The second-order valence-corrected chi connectivity index (χ2v) is 33.2. The fourth-order valence-corrected chi connectivity index (χ4v) is 17.0. The molecule has 4 aliphatic heterocycles. The van der Waals surface area contributed by atoms with Gasteiger partial charge in [0.2, 0.25) is 29.5 Å². The molecule has 34 heteroatoms. The fraction of sp³-hybridized carbons (Fsp3) is 0.210. The van der Waals surface area contributed by atoms with Crippen LogP contribution in [0.1, 0.15) is 0 Å². The first-order valence-electron chi connectivity index (χ1n) is 45.6. The highest BCUT2D eigenvalue weighted by atomic mass is 19.1. The summed E-state index contributed by atoms with van der Waals surface area (Å²) in [6.45, 7) is 11.1. The van der Waals surface area contributed by atoms with E-state index in [1.165, 1.54) is 61.2 Å². The van der Waals surface area contributed by atoms with Crippen molar-refractivity contribution in [1.82, 2.24) is 97.7 Å². The van der Waals surface area contributed by atoms with Gasteiger partial charge < -0.3 is 71.9 Å². The van der Waals surface area contributed by atoms with Gasteiger partial charge in [0.25, 0.3) is 0 Å². The molecular weight excluding hydrogens is 1770 g/mol. The average Bonchev–Trinajstić information content (AvgIpc) is 1.67. The molecule has 1 N–H and O–H groups in total. The Morgan fingerprint density at radius 3 is 0.964 bits per heavy atom. The van der Waals surface area contributed by atoms with Gasteiger partial charge in [-0.25, -0.2) is 72.4 Å². The SMILES string of the molecule is COc1cc(N2CCN(C(=O)Cn3cc(-c4ccc(F)cc4)nc3-c3ccccc3)CC2)ncn1.COc1ccnc(N2CCN(C(=O)Cn3cc(-c4ccc(F)cc4)nc3-c3ccccc3)CC2)c1.O=C(Cn1cc(-c2ccc(F)cc2)nc1-c1ccccc1)N1CCN(c2ccccn2)CC1.O=C(Cn1cc(-c2ccc(F)cc2)nc1-c1ccccc1)N1CCN(c2ncnc3nc[nH]c23)CC1. The Morgan fingerprint density at radius 1 is 0.302 bits per heavy atom. The molecular formula is C105H98F4N24O6. The van der Waals surface area contributed by atoms with Crippen molar-refractivity contribution in [1.29, 1.82) is 0 Å². The number of halogens is 4. The highest BCUT2D eigenvalue weighted by Crippen LogP contribution is 2.34. The molecule has 139 heavy (non-hydrogen) atoms. The Bertz CT molecular complexity index is 6790. The molecule has 0 atom stereocenters. The Kier molecular flexibility index (Phi) is 28.9. The number of hydrogen-bond donors (Lipinski definition) is 1. The molecule has 0 unspecified atom stereocenters. The van der Waals surface area contributed by atoms with Gasteiger partial charge in [-0.2, -0.15) is 0 Å². The molecule has 9 aromatic heterocycles. The van der Waals surface area contributed by atoms with Gasteiger partial charge >= 0.3 is 0 Å². The Morgan fingerprint density at radius 2 is 0.626 bits per heavy atom. The number of H-pyrrole nitrogens is 1. The van der Waals surface area contributed by atoms with Crippen LogP contribution in [0.3, 0.4) is 0 Å². The maximum Gasteiger partial charge on any atom is 0.242 e. The summed E-state index contributed by atoms with van der Waals surface area (Å²) in [6, 6.07) is 75.4. The molecule has 702 valence electrons. The third-order valence-electron chi connectivity index (χ3n) is 24.5. The third kappa shape index (κ3) is 22.6. The van der Waals surface area contributed by atoms with Gasteiger partial charge in [0.15, 0.2) is 11.5 Å². The lowest BCUT2D eigenvalue weighted by Gasteiger charge is -2.35. The van der Waals surface area contributed by atoms with Crippen LogP contribution < -0.4 is 29.1 Å². The number of piperazine rings is 4. The molecule has 0 bridgehead atoms. The van der Waals surface area contributed by atoms with Gasteiger partial charge in [0.05, 0.1) is 43.3 Å². The maximum atomic E-state index is 13.4. The molecule has 17 aromatic rings. The van der Waals surface area contributed by atoms with Crippen LogP contribution in [0.15, 0.2) is 311 Å². The maximum absolute atomic E-state index is 13.4. The van der Waals surface area contributed by atoms with Crippen molar-refractivity contribution in [2.75, 3.05) is 139 Å². The zero-order valence-corrected chi connectivity index (χ0v) is 76.3. The molecule has 30 nitrogen and oxygen atoms in total. The third-order valence-corrected chi connectivity index (χ3v) is 24.5. The molecule has 0 saturated carbocycles. The number of nitrogens with one attached hydrogen (secondary N) is 1. The van der Waals surface area contributed by atoms with E-state index < -0.39 is 0 Å². The van der Waals surface area contributed by atoms with E-state index in [1.807, 2.05) is 214 Å². The van der Waals surface area contributed by atoms with E-state index in [1.54, 1.807) is 87.5 Å². The standard InChI is InChI=1S/C27H26FN5O2.C26H23FN8O.C26H25FN6O2.C26H24FN5O/c1-35-23-11-12-29-25(17-23)31-13-15-32(16-14-31)26(34)19-33-18-24(20-7-9-22(28)10-8-20)30-27(33)21-5-3-2-4-6-21;27-20-8-6-18(7-9-20)21-14-35(25(32-21)19-4-2-1-3-5-19)15-22(36)33-10-12-34(13-11-33)26-23-24(29-16-28-23)30-17-31-26;1-35-24-15-23(28-18-29-24)31-11-13-32(14-12-31)25(34)17-33-16-22(19-7-9-21(27)10-8-19)30-26(33)20-5-3-2-4-6-20;27-22-11-9-20(10-12-22)23-18-32(26(29-23)21-6-2-1-3-7-21)19-25(33)31-16-14-30(15-17-31)24-8-4-5-13-28-24/h2-12,17-18H,13-16,19H2,1H3;1-9,14,16-17H,10-13,15H2,(H,28,29,30,31);2-10,15-16,18H,11-14,17H2,1H3;1-13,18H,14-17,19H2. The van der Waals surface area contributed by atoms with Crippen molar-refractivity contribution in [2.24, 2.45) is 0 Å². The van der Waals surface area contributed by atoms with Crippen molar-refractivity contribution in [3.63, 3.8) is 0 Å². The zero-order valence-electron chi connectivity index (χ0n) is 76.3. The summed E-state index contributed by atoms with van der Waals surface area (Å²) in [4.78, 5) is 121. The lowest BCUT2D eigenvalue weighted by Crippen LogP contribution is -2.50. The number of aromatic nitrogens is 16. The van der Waals surface area contributed by atoms with E-state index in [9.17, 15) is 36.7 Å². The normalized spacial score (nSPS) is 13.8. The number of amides is 4. The van der Waals surface area contributed by atoms with Crippen LogP contribution in [0.5, 0.6) is 11.6 Å². The molecule has 21 rings (SSSR count). The minimum Gasteiger partial charge on any atom is -0.497 e. The summed E-state index contributed by atoms with van der Waals surface area (Å²) in [5.74, 6) is 6.40. The Labute approximate surface area is 798 Å². The summed E-state index contributed by atoms with van der Waals surface area (Å²) < 4.78 is 71.7.